The second-order valence-electron chi connectivity index (χ2n) is 7.67. The van der Waals surface area contributed by atoms with Crippen molar-refractivity contribution in [2.24, 2.45) is 5.92 Å². The second-order valence-corrected chi connectivity index (χ2v) is 9.58. The molecule has 2 rings (SSSR count). The first-order valence-electron chi connectivity index (χ1n) is 9.47. The SMILES string of the molecule is Cc1cccc(C)c1N(CC(=O)N[C@@H](CC(C)C)c1ccccc1)S(C)(=O)=O. The van der Waals surface area contributed by atoms with Crippen LogP contribution >= 0.6 is 0 Å². The van der Waals surface area contributed by atoms with E-state index in [1.807, 2.05) is 62.4 Å². The van der Waals surface area contributed by atoms with E-state index in [9.17, 15) is 13.2 Å². The Morgan fingerprint density at radius 2 is 1.57 bits per heavy atom. The molecule has 28 heavy (non-hydrogen) atoms. The van der Waals surface area contributed by atoms with Crippen LogP contribution in [0.3, 0.4) is 0 Å². The predicted molar refractivity (Wildman–Crippen MR) is 115 cm³/mol. The molecule has 0 aliphatic heterocycles. The third-order valence-corrected chi connectivity index (χ3v) is 5.73. The van der Waals surface area contributed by atoms with E-state index in [0.717, 1.165) is 29.4 Å². The molecule has 0 bridgehead atoms. The van der Waals surface area contributed by atoms with Crippen LogP contribution in [-0.4, -0.2) is 27.1 Å². The number of aryl methyl sites for hydroxylation is 2. The zero-order valence-electron chi connectivity index (χ0n) is 17.3. The summed E-state index contributed by atoms with van der Waals surface area (Å²) in [5, 5.41) is 3.03. The molecular formula is C22H30N2O3S. The molecule has 6 heteroatoms. The Kier molecular flexibility index (Phi) is 7.24. The molecular weight excluding hydrogens is 372 g/mol. The Morgan fingerprint density at radius 1 is 1.00 bits per heavy atom. The molecule has 1 atom stereocenters. The zero-order chi connectivity index (χ0) is 20.9. The van der Waals surface area contributed by atoms with Crippen molar-refractivity contribution in [2.45, 2.75) is 40.2 Å². The van der Waals surface area contributed by atoms with Crippen LogP contribution in [0.4, 0.5) is 5.69 Å². The minimum atomic E-state index is -3.61. The topological polar surface area (TPSA) is 66.5 Å². The second kappa shape index (κ2) is 9.24. The van der Waals surface area contributed by atoms with Crippen molar-refractivity contribution >= 4 is 21.6 Å². The van der Waals surface area contributed by atoms with E-state index in [0.29, 0.717) is 11.6 Å². The summed E-state index contributed by atoms with van der Waals surface area (Å²) < 4.78 is 26.1. The summed E-state index contributed by atoms with van der Waals surface area (Å²) >= 11 is 0. The largest absolute Gasteiger partial charge is 0.348 e. The molecule has 2 aromatic carbocycles. The number of nitrogens with one attached hydrogen (secondary N) is 1. The van der Waals surface area contributed by atoms with Crippen LogP contribution in [0.5, 0.6) is 0 Å². The Labute approximate surface area is 168 Å². The number of amides is 1. The van der Waals surface area contributed by atoms with Gasteiger partial charge in [-0.15, -0.1) is 0 Å². The van der Waals surface area contributed by atoms with Crippen LogP contribution in [0.2, 0.25) is 0 Å². The fourth-order valence-electron chi connectivity index (χ4n) is 3.37. The Morgan fingerprint density at radius 3 is 2.07 bits per heavy atom. The first kappa shape index (κ1) is 22.0. The van der Waals surface area contributed by atoms with Gasteiger partial charge in [0.15, 0.2) is 0 Å². The van der Waals surface area contributed by atoms with Crippen molar-refractivity contribution in [3.8, 4) is 0 Å². The third kappa shape index (κ3) is 5.83. The summed E-state index contributed by atoms with van der Waals surface area (Å²) in [6, 6.07) is 15.2. The lowest BCUT2D eigenvalue weighted by Gasteiger charge is -2.27. The molecule has 152 valence electrons. The highest BCUT2D eigenvalue weighted by molar-refractivity contribution is 7.92. The minimum Gasteiger partial charge on any atom is -0.348 e. The number of carbonyl (C=O) groups is 1. The van der Waals surface area contributed by atoms with Crippen LogP contribution in [0, 0.1) is 19.8 Å². The smallest absolute Gasteiger partial charge is 0.241 e. The zero-order valence-corrected chi connectivity index (χ0v) is 18.1. The van der Waals surface area contributed by atoms with Gasteiger partial charge in [0.05, 0.1) is 18.0 Å². The molecule has 0 fully saturated rings. The molecule has 0 radical (unpaired) electrons. The molecule has 5 nitrogen and oxygen atoms in total. The van der Waals surface area contributed by atoms with Crippen LogP contribution in [-0.2, 0) is 14.8 Å². The van der Waals surface area contributed by atoms with Crippen LogP contribution in [0.1, 0.15) is 43.0 Å². The summed E-state index contributed by atoms with van der Waals surface area (Å²) in [6.07, 6.45) is 1.91. The van der Waals surface area contributed by atoms with E-state index in [2.05, 4.69) is 19.2 Å². The first-order chi connectivity index (χ1) is 13.1. The Hall–Kier alpha value is -2.34. The van der Waals surface area contributed by atoms with Crippen molar-refractivity contribution in [2.75, 3.05) is 17.1 Å². The average Bonchev–Trinajstić information content (AvgIpc) is 2.59. The van der Waals surface area contributed by atoms with Crippen molar-refractivity contribution in [3.63, 3.8) is 0 Å². The van der Waals surface area contributed by atoms with Gasteiger partial charge in [-0.05, 0) is 42.9 Å². The molecule has 0 unspecified atom stereocenters. The molecule has 1 amide bonds. The lowest BCUT2D eigenvalue weighted by Crippen LogP contribution is -2.42. The molecule has 0 spiro atoms. The van der Waals surface area contributed by atoms with Gasteiger partial charge in [-0.1, -0.05) is 62.4 Å². The Bertz CT molecular complexity index is 888. The van der Waals surface area contributed by atoms with Gasteiger partial charge in [-0.2, -0.15) is 0 Å². The van der Waals surface area contributed by atoms with E-state index in [4.69, 9.17) is 0 Å². The fraction of sp³-hybridized carbons (Fsp3) is 0.409. The van der Waals surface area contributed by atoms with Gasteiger partial charge >= 0.3 is 0 Å². The van der Waals surface area contributed by atoms with Crippen molar-refractivity contribution in [3.05, 3.63) is 65.2 Å². The van der Waals surface area contributed by atoms with E-state index >= 15 is 0 Å². The van der Waals surface area contributed by atoms with Gasteiger partial charge in [-0.3, -0.25) is 9.10 Å². The number of hydrogen-bond acceptors (Lipinski definition) is 3. The molecule has 0 aromatic heterocycles. The minimum absolute atomic E-state index is 0.159. The van der Waals surface area contributed by atoms with Crippen LogP contribution < -0.4 is 9.62 Å². The van der Waals surface area contributed by atoms with E-state index in [1.54, 1.807) is 0 Å². The summed E-state index contributed by atoms with van der Waals surface area (Å²) in [4.78, 5) is 12.8. The fourth-order valence-corrected chi connectivity index (χ4v) is 4.34. The molecule has 2 aromatic rings. The summed E-state index contributed by atoms with van der Waals surface area (Å²) in [5.41, 5.74) is 3.22. The lowest BCUT2D eigenvalue weighted by molar-refractivity contribution is -0.120. The molecule has 0 aliphatic carbocycles. The predicted octanol–water partition coefficient (Wildman–Crippen LogP) is 3.97. The number of sulfonamides is 1. The maximum Gasteiger partial charge on any atom is 0.241 e. The van der Waals surface area contributed by atoms with Gasteiger partial charge in [0.2, 0.25) is 15.9 Å². The van der Waals surface area contributed by atoms with Gasteiger partial charge in [0, 0.05) is 0 Å². The number of rotatable bonds is 8. The molecule has 0 saturated carbocycles. The van der Waals surface area contributed by atoms with Gasteiger partial charge < -0.3 is 5.32 Å². The quantitative estimate of drug-likeness (QED) is 0.726. The van der Waals surface area contributed by atoms with Crippen molar-refractivity contribution in [1.82, 2.24) is 5.32 Å². The standard InChI is InChI=1S/C22H30N2O3S/c1-16(2)14-20(19-12-7-6-8-13-19)23-21(25)15-24(28(5,26)27)22-17(3)10-9-11-18(22)4/h6-13,16,20H,14-15H2,1-5H3,(H,23,25)/t20-/m0/s1. The number of anilines is 1. The average molecular weight is 403 g/mol. The van der Waals surface area contributed by atoms with E-state index in [-0.39, 0.29) is 18.5 Å². The number of carbonyl (C=O) groups excluding carboxylic acids is 1. The number of nitrogens with zero attached hydrogens (tertiary/aromatic N) is 1. The summed E-state index contributed by atoms with van der Waals surface area (Å²) in [5.74, 6) is 0.0673. The molecule has 0 heterocycles. The third-order valence-electron chi connectivity index (χ3n) is 4.62. The number of para-hydroxylation sites is 1. The molecule has 1 N–H and O–H groups in total. The normalized spacial score (nSPS) is 12.6. The van der Waals surface area contributed by atoms with Gasteiger partial charge in [0.1, 0.15) is 6.54 Å². The first-order valence-corrected chi connectivity index (χ1v) is 11.3. The molecule has 0 saturated heterocycles. The van der Waals surface area contributed by atoms with Crippen LogP contribution in [0.15, 0.2) is 48.5 Å². The Balaban J connectivity index is 2.28. The molecule has 0 aliphatic rings. The highest BCUT2D eigenvalue weighted by Gasteiger charge is 2.25. The van der Waals surface area contributed by atoms with Gasteiger partial charge in [0.25, 0.3) is 0 Å². The summed E-state index contributed by atoms with van der Waals surface area (Å²) in [7, 11) is -3.61. The van der Waals surface area contributed by atoms with Crippen molar-refractivity contribution < 1.29 is 13.2 Å². The van der Waals surface area contributed by atoms with E-state index in [1.165, 1.54) is 4.31 Å². The van der Waals surface area contributed by atoms with Crippen molar-refractivity contribution in [1.29, 1.82) is 0 Å². The maximum atomic E-state index is 12.8. The van der Waals surface area contributed by atoms with Gasteiger partial charge in [-0.25, -0.2) is 8.42 Å². The van der Waals surface area contributed by atoms with E-state index < -0.39 is 10.0 Å². The number of benzene rings is 2. The highest BCUT2D eigenvalue weighted by Crippen LogP contribution is 2.27. The highest BCUT2D eigenvalue weighted by atomic mass is 32.2. The monoisotopic (exact) mass is 402 g/mol. The number of hydrogen-bond donors (Lipinski definition) is 1. The van der Waals surface area contributed by atoms with Crippen LogP contribution in [0.25, 0.3) is 0 Å². The summed E-state index contributed by atoms with van der Waals surface area (Å²) in [6.45, 7) is 7.66. The lowest BCUT2D eigenvalue weighted by atomic mass is 9.97. The maximum absolute atomic E-state index is 12.8.